The van der Waals surface area contributed by atoms with Crippen LogP contribution in [0, 0.1) is 0 Å². The summed E-state index contributed by atoms with van der Waals surface area (Å²) in [7, 11) is 3.44. The number of carbonyl (C=O) groups is 2. The van der Waals surface area contributed by atoms with Gasteiger partial charge in [-0.25, -0.2) is 0 Å². The smallest absolute Gasteiger partial charge is 0.274 e. The van der Waals surface area contributed by atoms with E-state index in [1.807, 2.05) is 12.1 Å². The molecule has 144 valence electrons. The largest absolute Gasteiger partial charge is 0.497 e. The number of aryl methyl sites for hydroxylation is 1. The maximum absolute atomic E-state index is 12.5. The summed E-state index contributed by atoms with van der Waals surface area (Å²) in [4.78, 5) is 27.0. The number of likely N-dealkylation sites (tertiary alicyclic amines) is 1. The normalized spacial score (nSPS) is 17.9. The summed E-state index contributed by atoms with van der Waals surface area (Å²) < 4.78 is 6.95. The average Bonchev–Trinajstić information content (AvgIpc) is 2.97. The van der Waals surface area contributed by atoms with Crippen molar-refractivity contribution in [2.45, 2.75) is 31.7 Å². The molecule has 0 spiro atoms. The van der Waals surface area contributed by atoms with Crippen molar-refractivity contribution in [1.82, 2.24) is 14.8 Å². The fourth-order valence-corrected chi connectivity index (χ4v) is 3.67. The third kappa shape index (κ3) is 4.77. The quantitative estimate of drug-likeness (QED) is 0.880. The van der Waals surface area contributed by atoms with Gasteiger partial charge in [-0.1, -0.05) is 25.0 Å². The Morgan fingerprint density at radius 1 is 1.15 bits per heavy atom. The van der Waals surface area contributed by atoms with Gasteiger partial charge < -0.3 is 9.30 Å². The zero-order valence-corrected chi connectivity index (χ0v) is 16.0. The first-order valence-corrected chi connectivity index (χ1v) is 9.42. The highest BCUT2D eigenvalue weighted by Gasteiger charge is 2.25. The Bertz CT molecular complexity index is 782. The third-order valence-corrected chi connectivity index (χ3v) is 5.14. The molecule has 2 amide bonds. The Hall–Kier alpha value is -2.60. The zero-order chi connectivity index (χ0) is 19.2. The molecule has 0 aliphatic carbocycles. The van der Waals surface area contributed by atoms with Gasteiger partial charge in [-0.05, 0) is 49.2 Å². The van der Waals surface area contributed by atoms with E-state index in [2.05, 4.69) is 22.3 Å². The predicted octanol–water partition coefficient (Wildman–Crippen LogP) is 2.91. The van der Waals surface area contributed by atoms with Gasteiger partial charge in [-0.2, -0.15) is 0 Å². The highest BCUT2D eigenvalue weighted by molar-refractivity contribution is 6.04. The number of carbonyl (C=O) groups excluding carboxylic acids is 2. The topological polar surface area (TPSA) is 63.6 Å². The van der Waals surface area contributed by atoms with Gasteiger partial charge in [0.2, 0.25) is 5.91 Å². The van der Waals surface area contributed by atoms with E-state index in [0.29, 0.717) is 5.69 Å². The molecule has 27 heavy (non-hydrogen) atoms. The van der Waals surface area contributed by atoms with Crippen LogP contribution in [0.4, 0.5) is 0 Å². The van der Waals surface area contributed by atoms with Crippen LogP contribution in [0.25, 0.3) is 0 Å². The first-order chi connectivity index (χ1) is 13.1. The van der Waals surface area contributed by atoms with E-state index in [0.717, 1.165) is 38.0 Å². The van der Waals surface area contributed by atoms with E-state index < -0.39 is 0 Å². The van der Waals surface area contributed by atoms with Crippen molar-refractivity contribution in [2.75, 3.05) is 20.2 Å². The number of hydrogen-bond donors (Lipinski definition) is 1. The van der Waals surface area contributed by atoms with Gasteiger partial charge in [0.05, 0.1) is 13.7 Å². The molecular formula is C21H27N3O3. The van der Waals surface area contributed by atoms with Crippen molar-refractivity contribution in [3.05, 3.63) is 53.9 Å². The number of amides is 2. The molecule has 1 fully saturated rings. The molecule has 3 rings (SSSR count). The van der Waals surface area contributed by atoms with Gasteiger partial charge in [0.1, 0.15) is 11.4 Å². The van der Waals surface area contributed by atoms with Crippen molar-refractivity contribution in [1.29, 1.82) is 0 Å². The van der Waals surface area contributed by atoms with Gasteiger partial charge in [-0.15, -0.1) is 0 Å². The molecule has 1 N–H and O–H groups in total. The monoisotopic (exact) mass is 369 g/mol. The van der Waals surface area contributed by atoms with Crippen LogP contribution >= 0.6 is 0 Å². The maximum atomic E-state index is 12.5. The van der Waals surface area contributed by atoms with Crippen LogP contribution in [0.3, 0.4) is 0 Å². The Kier molecular flexibility index (Phi) is 6.29. The number of nitrogens with one attached hydrogen (secondary N) is 1. The van der Waals surface area contributed by atoms with Crippen molar-refractivity contribution in [3.63, 3.8) is 0 Å². The standard InChI is InChI=1S/C21H27N3O3/c1-23-13-6-8-19(23)21(26)22-20(25)15-24-14-5-3-4-7-18(24)16-9-11-17(27-2)12-10-16/h6,8-13,18H,3-5,7,14-15H2,1-2H3,(H,22,25,26). The molecule has 6 nitrogen and oxygen atoms in total. The molecule has 1 aromatic carbocycles. The minimum Gasteiger partial charge on any atom is -0.497 e. The summed E-state index contributed by atoms with van der Waals surface area (Å²) in [5.74, 6) is 0.203. The zero-order valence-electron chi connectivity index (χ0n) is 16.0. The fourth-order valence-electron chi connectivity index (χ4n) is 3.67. The number of rotatable bonds is 5. The number of methoxy groups -OCH3 is 1. The van der Waals surface area contributed by atoms with Crippen molar-refractivity contribution < 1.29 is 14.3 Å². The Morgan fingerprint density at radius 3 is 2.59 bits per heavy atom. The van der Waals surface area contributed by atoms with Gasteiger partial charge in [0.15, 0.2) is 0 Å². The van der Waals surface area contributed by atoms with Crippen molar-refractivity contribution in [2.24, 2.45) is 7.05 Å². The molecular weight excluding hydrogens is 342 g/mol. The summed E-state index contributed by atoms with van der Waals surface area (Å²) in [5.41, 5.74) is 1.66. The first kappa shape index (κ1) is 19.2. The summed E-state index contributed by atoms with van der Waals surface area (Å²) >= 11 is 0. The van der Waals surface area contributed by atoms with E-state index >= 15 is 0 Å². The molecule has 0 saturated carbocycles. The van der Waals surface area contributed by atoms with Crippen molar-refractivity contribution >= 4 is 11.8 Å². The Morgan fingerprint density at radius 2 is 1.93 bits per heavy atom. The number of nitrogens with zero attached hydrogens (tertiary/aromatic N) is 2. The molecule has 6 heteroatoms. The minimum atomic E-state index is -0.358. The number of ether oxygens (including phenoxy) is 1. The molecule has 2 aromatic rings. The molecule has 1 unspecified atom stereocenters. The van der Waals surface area contributed by atoms with Gasteiger partial charge in [0.25, 0.3) is 5.91 Å². The van der Waals surface area contributed by atoms with E-state index in [4.69, 9.17) is 4.74 Å². The van der Waals surface area contributed by atoms with Crippen LogP contribution in [-0.4, -0.2) is 41.5 Å². The highest BCUT2D eigenvalue weighted by atomic mass is 16.5. The molecule has 2 heterocycles. The summed E-state index contributed by atoms with van der Waals surface area (Å²) in [6.45, 7) is 1.06. The van der Waals surface area contributed by atoms with Crippen molar-refractivity contribution in [3.8, 4) is 5.75 Å². The summed E-state index contributed by atoms with van der Waals surface area (Å²) in [6.07, 6.45) is 6.15. The lowest BCUT2D eigenvalue weighted by atomic mass is 10.0. The average molecular weight is 369 g/mol. The second-order valence-corrected chi connectivity index (χ2v) is 6.99. The van der Waals surface area contributed by atoms with Crippen LogP contribution in [-0.2, 0) is 11.8 Å². The fraction of sp³-hybridized carbons (Fsp3) is 0.429. The SMILES string of the molecule is COc1ccc(C2CCCCCN2CC(=O)NC(=O)c2cccn2C)cc1. The number of imide groups is 1. The predicted molar refractivity (Wildman–Crippen MR) is 104 cm³/mol. The summed E-state index contributed by atoms with van der Waals surface area (Å²) in [5, 5.41) is 2.52. The lowest BCUT2D eigenvalue weighted by Crippen LogP contribution is -2.42. The lowest BCUT2D eigenvalue weighted by Gasteiger charge is -2.29. The van der Waals surface area contributed by atoms with E-state index in [-0.39, 0.29) is 24.4 Å². The van der Waals surface area contributed by atoms with Crippen LogP contribution in [0.2, 0.25) is 0 Å². The molecule has 0 bridgehead atoms. The van der Waals surface area contributed by atoms with Crippen LogP contribution in [0.5, 0.6) is 5.75 Å². The minimum absolute atomic E-state index is 0.175. The molecule has 1 aliphatic heterocycles. The Balaban J connectivity index is 1.68. The van der Waals surface area contributed by atoms with Crippen LogP contribution in [0.1, 0.15) is 47.8 Å². The van der Waals surface area contributed by atoms with Gasteiger partial charge in [0, 0.05) is 19.3 Å². The maximum Gasteiger partial charge on any atom is 0.274 e. The second-order valence-electron chi connectivity index (χ2n) is 6.99. The number of hydrogen-bond acceptors (Lipinski definition) is 4. The molecule has 1 aliphatic rings. The van der Waals surface area contributed by atoms with Gasteiger partial charge in [-0.3, -0.25) is 19.8 Å². The second kappa shape index (κ2) is 8.86. The number of aromatic nitrogens is 1. The molecule has 1 atom stereocenters. The molecule has 0 radical (unpaired) electrons. The van der Waals surface area contributed by atoms with Gasteiger partial charge >= 0.3 is 0 Å². The summed E-state index contributed by atoms with van der Waals surface area (Å²) in [6, 6.07) is 11.7. The molecule has 1 saturated heterocycles. The first-order valence-electron chi connectivity index (χ1n) is 9.42. The highest BCUT2D eigenvalue weighted by Crippen LogP contribution is 2.30. The third-order valence-electron chi connectivity index (χ3n) is 5.14. The van der Waals surface area contributed by atoms with Crippen LogP contribution in [0.15, 0.2) is 42.6 Å². The van der Waals surface area contributed by atoms with Crippen LogP contribution < -0.4 is 10.1 Å². The molecule has 1 aromatic heterocycles. The van der Waals surface area contributed by atoms with E-state index in [1.165, 1.54) is 5.56 Å². The Labute approximate surface area is 160 Å². The van der Waals surface area contributed by atoms with E-state index in [9.17, 15) is 9.59 Å². The number of benzene rings is 1. The lowest BCUT2D eigenvalue weighted by molar-refractivity contribution is -0.121. The van der Waals surface area contributed by atoms with E-state index in [1.54, 1.807) is 37.1 Å².